The summed E-state index contributed by atoms with van der Waals surface area (Å²) in [7, 11) is 1.46. The summed E-state index contributed by atoms with van der Waals surface area (Å²) in [6.45, 7) is 0. The minimum absolute atomic E-state index is 0.0309. The van der Waals surface area contributed by atoms with Crippen LogP contribution in [0.25, 0.3) is 0 Å². The van der Waals surface area contributed by atoms with Crippen molar-refractivity contribution in [2.24, 2.45) is 0 Å². The van der Waals surface area contributed by atoms with Crippen LogP contribution in [-0.4, -0.2) is 30.1 Å². The van der Waals surface area contributed by atoms with Crippen LogP contribution in [0.4, 0.5) is 5.69 Å². The van der Waals surface area contributed by atoms with Gasteiger partial charge in [0.2, 0.25) is 5.91 Å². The van der Waals surface area contributed by atoms with Crippen molar-refractivity contribution in [2.75, 3.05) is 12.4 Å². The predicted octanol–water partition coefficient (Wildman–Crippen LogP) is 3.64. The fourth-order valence-corrected chi connectivity index (χ4v) is 3.48. The largest absolute Gasteiger partial charge is 0.504 e. The van der Waals surface area contributed by atoms with Crippen molar-refractivity contribution >= 4 is 17.5 Å². The highest BCUT2D eigenvalue weighted by Gasteiger charge is 2.17. The third-order valence-corrected chi connectivity index (χ3v) is 4.96. The third kappa shape index (κ3) is 5.25. The lowest BCUT2D eigenvalue weighted by atomic mass is 9.95. The molecule has 2 amide bonds. The van der Waals surface area contributed by atoms with Gasteiger partial charge in [0.05, 0.1) is 13.5 Å². The van der Waals surface area contributed by atoms with Crippen LogP contribution in [0, 0.1) is 0 Å². The molecule has 6 nitrogen and oxygen atoms in total. The molecule has 0 saturated heterocycles. The molecule has 2 aromatic carbocycles. The van der Waals surface area contributed by atoms with Gasteiger partial charge in [-0.3, -0.25) is 9.59 Å². The number of hydrogen-bond donors (Lipinski definition) is 3. The zero-order chi connectivity index (χ0) is 19.9. The van der Waals surface area contributed by atoms with Gasteiger partial charge in [-0.25, -0.2) is 0 Å². The fraction of sp³-hybridized carbons (Fsp3) is 0.364. The van der Waals surface area contributed by atoms with E-state index >= 15 is 0 Å². The molecule has 1 aliphatic rings. The molecule has 0 bridgehead atoms. The lowest BCUT2D eigenvalue weighted by Gasteiger charge is -2.22. The van der Waals surface area contributed by atoms with Gasteiger partial charge in [-0.2, -0.15) is 0 Å². The first-order valence-corrected chi connectivity index (χ1v) is 9.62. The number of rotatable bonds is 6. The molecule has 148 valence electrons. The number of hydrogen-bond acceptors (Lipinski definition) is 4. The smallest absolute Gasteiger partial charge is 0.251 e. The standard InChI is InChI=1S/C22H26N2O4/c1-28-20-12-15(10-11-19(20)25)13-21(26)23-18-9-5-6-16(14-18)22(27)24-17-7-3-2-4-8-17/h5-6,9-12,14,17,25H,2-4,7-8,13H2,1H3,(H,23,26)(H,24,27). The van der Waals surface area contributed by atoms with Crippen molar-refractivity contribution < 1.29 is 19.4 Å². The number of methoxy groups -OCH3 is 1. The maximum Gasteiger partial charge on any atom is 0.251 e. The van der Waals surface area contributed by atoms with Gasteiger partial charge < -0.3 is 20.5 Å². The van der Waals surface area contributed by atoms with E-state index in [-0.39, 0.29) is 30.0 Å². The van der Waals surface area contributed by atoms with Gasteiger partial charge in [-0.1, -0.05) is 31.4 Å². The number of anilines is 1. The molecule has 0 radical (unpaired) electrons. The molecule has 1 aliphatic carbocycles. The second-order valence-electron chi connectivity index (χ2n) is 7.12. The highest BCUT2D eigenvalue weighted by molar-refractivity contribution is 5.97. The van der Waals surface area contributed by atoms with Gasteiger partial charge in [0, 0.05) is 17.3 Å². The van der Waals surface area contributed by atoms with E-state index in [9.17, 15) is 14.7 Å². The first-order chi connectivity index (χ1) is 13.5. The average molecular weight is 382 g/mol. The molecule has 0 heterocycles. The zero-order valence-corrected chi connectivity index (χ0v) is 16.0. The Labute approximate surface area is 164 Å². The highest BCUT2D eigenvalue weighted by atomic mass is 16.5. The van der Waals surface area contributed by atoms with Gasteiger partial charge in [0.1, 0.15) is 0 Å². The Morgan fingerprint density at radius 3 is 2.64 bits per heavy atom. The molecule has 1 saturated carbocycles. The van der Waals surface area contributed by atoms with Gasteiger partial charge >= 0.3 is 0 Å². The second-order valence-corrected chi connectivity index (χ2v) is 7.12. The first-order valence-electron chi connectivity index (χ1n) is 9.62. The Morgan fingerprint density at radius 2 is 1.89 bits per heavy atom. The van der Waals surface area contributed by atoms with Crippen LogP contribution in [-0.2, 0) is 11.2 Å². The highest BCUT2D eigenvalue weighted by Crippen LogP contribution is 2.26. The Bertz CT molecular complexity index is 844. The summed E-state index contributed by atoms with van der Waals surface area (Å²) >= 11 is 0. The molecule has 0 aliphatic heterocycles. The van der Waals surface area contributed by atoms with E-state index in [1.165, 1.54) is 19.6 Å². The molecule has 3 N–H and O–H groups in total. The van der Waals surface area contributed by atoms with Crippen LogP contribution in [0.3, 0.4) is 0 Å². The van der Waals surface area contributed by atoms with Crippen molar-refractivity contribution in [3.63, 3.8) is 0 Å². The van der Waals surface area contributed by atoms with Crippen LogP contribution in [0.2, 0.25) is 0 Å². The van der Waals surface area contributed by atoms with E-state index in [0.717, 1.165) is 31.2 Å². The van der Waals surface area contributed by atoms with Crippen molar-refractivity contribution in [2.45, 2.75) is 44.6 Å². The second kappa shape index (κ2) is 9.26. The van der Waals surface area contributed by atoms with E-state index in [1.54, 1.807) is 36.4 Å². The molecule has 2 aromatic rings. The number of phenolic OH excluding ortho intramolecular Hbond substituents is 1. The normalized spacial score (nSPS) is 14.3. The van der Waals surface area contributed by atoms with Crippen molar-refractivity contribution in [3.8, 4) is 11.5 Å². The summed E-state index contributed by atoms with van der Waals surface area (Å²) in [5, 5.41) is 15.5. The summed E-state index contributed by atoms with van der Waals surface area (Å²) in [6, 6.07) is 12.0. The van der Waals surface area contributed by atoms with Crippen LogP contribution < -0.4 is 15.4 Å². The van der Waals surface area contributed by atoms with E-state index in [1.807, 2.05) is 0 Å². The van der Waals surface area contributed by atoms with Crippen molar-refractivity contribution in [1.82, 2.24) is 5.32 Å². The number of amides is 2. The van der Waals surface area contributed by atoms with E-state index in [2.05, 4.69) is 10.6 Å². The number of carbonyl (C=O) groups is 2. The number of carbonyl (C=O) groups excluding carboxylic acids is 2. The number of nitrogens with one attached hydrogen (secondary N) is 2. The molecule has 1 fully saturated rings. The molecule has 0 unspecified atom stereocenters. The molecular formula is C22H26N2O4. The lowest BCUT2D eigenvalue weighted by molar-refractivity contribution is -0.115. The number of aromatic hydroxyl groups is 1. The van der Waals surface area contributed by atoms with Crippen LogP contribution >= 0.6 is 0 Å². The molecule has 3 rings (SSSR count). The maximum atomic E-state index is 12.5. The summed E-state index contributed by atoms with van der Waals surface area (Å²) in [5.41, 5.74) is 1.83. The quantitative estimate of drug-likeness (QED) is 0.712. The summed E-state index contributed by atoms with van der Waals surface area (Å²) in [4.78, 5) is 24.8. The molecule has 28 heavy (non-hydrogen) atoms. The Hall–Kier alpha value is -3.02. The van der Waals surface area contributed by atoms with Crippen LogP contribution in [0.1, 0.15) is 48.0 Å². The minimum atomic E-state index is -0.211. The van der Waals surface area contributed by atoms with Gasteiger partial charge in [0.25, 0.3) is 5.91 Å². The van der Waals surface area contributed by atoms with Gasteiger partial charge in [0.15, 0.2) is 11.5 Å². The fourth-order valence-electron chi connectivity index (χ4n) is 3.48. The Morgan fingerprint density at radius 1 is 1.11 bits per heavy atom. The topological polar surface area (TPSA) is 87.7 Å². The summed E-state index contributed by atoms with van der Waals surface area (Å²) in [6.07, 6.45) is 5.73. The number of phenols is 1. The van der Waals surface area contributed by atoms with Gasteiger partial charge in [-0.15, -0.1) is 0 Å². The third-order valence-electron chi connectivity index (χ3n) is 4.96. The molecule has 0 atom stereocenters. The number of benzene rings is 2. The van der Waals surface area contributed by atoms with Crippen LogP contribution in [0.15, 0.2) is 42.5 Å². The van der Waals surface area contributed by atoms with Crippen molar-refractivity contribution in [1.29, 1.82) is 0 Å². The first kappa shape index (κ1) is 19.7. The minimum Gasteiger partial charge on any atom is -0.504 e. The Balaban J connectivity index is 1.60. The molecule has 6 heteroatoms. The Kier molecular flexibility index (Phi) is 6.53. The molecule has 0 spiro atoms. The van der Waals surface area contributed by atoms with E-state index < -0.39 is 0 Å². The summed E-state index contributed by atoms with van der Waals surface area (Å²) < 4.78 is 5.06. The number of ether oxygens (including phenoxy) is 1. The maximum absolute atomic E-state index is 12.5. The zero-order valence-electron chi connectivity index (χ0n) is 16.0. The molecular weight excluding hydrogens is 356 g/mol. The van der Waals surface area contributed by atoms with Crippen molar-refractivity contribution in [3.05, 3.63) is 53.6 Å². The van der Waals surface area contributed by atoms with E-state index in [4.69, 9.17) is 4.74 Å². The monoisotopic (exact) mass is 382 g/mol. The average Bonchev–Trinajstić information content (AvgIpc) is 2.70. The summed E-state index contributed by atoms with van der Waals surface area (Å²) in [5.74, 6) is 0.0406. The van der Waals surface area contributed by atoms with E-state index in [0.29, 0.717) is 17.0 Å². The van der Waals surface area contributed by atoms with Gasteiger partial charge in [-0.05, 0) is 48.7 Å². The predicted molar refractivity (Wildman–Crippen MR) is 108 cm³/mol. The van der Waals surface area contributed by atoms with Crippen LogP contribution in [0.5, 0.6) is 11.5 Å². The lowest BCUT2D eigenvalue weighted by Crippen LogP contribution is -2.36. The molecule has 0 aromatic heterocycles. The SMILES string of the molecule is COc1cc(CC(=O)Nc2cccc(C(=O)NC3CCCCC3)c2)ccc1O.